The lowest BCUT2D eigenvalue weighted by atomic mass is 9.79. The molecule has 0 aromatic heterocycles. The summed E-state index contributed by atoms with van der Waals surface area (Å²) >= 11 is 0. The second-order valence-electron chi connectivity index (χ2n) is 13.5. The Morgan fingerprint density at radius 2 is 0.706 bits per heavy atom. The van der Waals surface area contributed by atoms with E-state index in [1.165, 1.54) is 32.9 Å². The summed E-state index contributed by atoms with van der Waals surface area (Å²) < 4.78 is 12.0. The standard InChI is InChI=1S/C30H46BO2P/c1-27(2,3)21-15-19(16-22(25(21)32-13)28(4,5)6)34(31)20-17-23(29(7,8)9)26(33-14)24(18-20)30(10,11)12/h15-18H,1-14H3. The normalized spacial score (nSPS) is 13.4. The fourth-order valence-corrected chi connectivity index (χ4v) is 5.69. The molecule has 0 bridgehead atoms. The fourth-order valence-electron chi connectivity index (χ4n) is 4.32. The van der Waals surface area contributed by atoms with Crippen molar-refractivity contribution in [2.45, 2.75) is 105 Å². The second kappa shape index (κ2) is 9.53. The molecule has 0 saturated carbocycles. The van der Waals surface area contributed by atoms with Crippen LogP contribution in [0.5, 0.6) is 11.5 Å². The van der Waals surface area contributed by atoms with E-state index in [0.717, 1.165) is 11.5 Å². The molecule has 2 rings (SSSR count). The Bertz CT molecular complexity index is 874. The van der Waals surface area contributed by atoms with E-state index in [-0.39, 0.29) is 21.7 Å². The Balaban J connectivity index is 2.90. The SMILES string of the molecule is [B]P(c1cc(C(C)(C)C)c(OC)c(C(C)(C)C)c1)c1cc(C(C)(C)C)c(OC)c(C(C)(C)C)c1. The van der Waals surface area contributed by atoms with Crippen molar-refractivity contribution in [2.75, 3.05) is 14.2 Å². The number of hydrogen-bond acceptors (Lipinski definition) is 2. The van der Waals surface area contributed by atoms with Crippen LogP contribution in [-0.2, 0) is 21.7 Å². The van der Waals surface area contributed by atoms with Crippen molar-refractivity contribution < 1.29 is 9.47 Å². The Morgan fingerprint density at radius 1 is 0.500 bits per heavy atom. The Morgan fingerprint density at radius 3 is 0.853 bits per heavy atom. The lowest BCUT2D eigenvalue weighted by Gasteiger charge is -2.33. The van der Waals surface area contributed by atoms with Crippen LogP contribution in [0.4, 0.5) is 0 Å². The summed E-state index contributed by atoms with van der Waals surface area (Å²) in [4.78, 5) is 0. The van der Waals surface area contributed by atoms with Crippen LogP contribution in [0.15, 0.2) is 24.3 Å². The summed E-state index contributed by atoms with van der Waals surface area (Å²) in [5.41, 5.74) is 4.56. The molecule has 2 nitrogen and oxygen atoms in total. The summed E-state index contributed by atoms with van der Waals surface area (Å²) in [7, 11) is 9.62. The van der Waals surface area contributed by atoms with Gasteiger partial charge >= 0.3 is 0 Å². The third-order valence-electron chi connectivity index (χ3n) is 6.34. The minimum Gasteiger partial charge on any atom is -0.496 e. The van der Waals surface area contributed by atoms with Crippen LogP contribution in [-0.4, -0.2) is 21.8 Å². The van der Waals surface area contributed by atoms with E-state index >= 15 is 0 Å². The summed E-state index contributed by atoms with van der Waals surface area (Å²) in [6, 6.07) is 9.10. The molecule has 0 fully saturated rings. The molecule has 186 valence electrons. The predicted octanol–water partition coefficient (Wildman–Crippen LogP) is 7.41. The highest BCUT2D eigenvalue weighted by atomic mass is 31.1. The first-order chi connectivity index (χ1) is 15.2. The fraction of sp³-hybridized carbons (Fsp3) is 0.600. The van der Waals surface area contributed by atoms with Gasteiger partial charge < -0.3 is 9.47 Å². The van der Waals surface area contributed by atoms with Crippen molar-refractivity contribution in [3.63, 3.8) is 0 Å². The van der Waals surface area contributed by atoms with Gasteiger partial charge in [0.2, 0.25) is 0 Å². The average Bonchev–Trinajstić information content (AvgIpc) is 2.68. The smallest absolute Gasteiger partial charge is 0.126 e. The van der Waals surface area contributed by atoms with Crippen molar-refractivity contribution >= 4 is 26.0 Å². The zero-order valence-electron chi connectivity index (χ0n) is 24.2. The molecule has 2 radical (unpaired) electrons. The van der Waals surface area contributed by atoms with Gasteiger partial charge in [0.25, 0.3) is 0 Å². The highest BCUT2D eigenvalue weighted by Gasteiger charge is 2.31. The lowest BCUT2D eigenvalue weighted by molar-refractivity contribution is 0.381. The topological polar surface area (TPSA) is 18.5 Å². The van der Waals surface area contributed by atoms with Crippen molar-refractivity contribution in [3.05, 3.63) is 46.5 Å². The molecule has 4 heteroatoms. The first-order valence-corrected chi connectivity index (χ1v) is 13.7. The average molecular weight is 480 g/mol. The number of methoxy groups -OCH3 is 2. The van der Waals surface area contributed by atoms with E-state index in [9.17, 15) is 0 Å². The third-order valence-corrected chi connectivity index (χ3v) is 7.97. The summed E-state index contributed by atoms with van der Waals surface area (Å²) in [6.45, 7) is 26.9. The van der Waals surface area contributed by atoms with Gasteiger partial charge in [-0.25, -0.2) is 0 Å². The van der Waals surface area contributed by atoms with Crippen LogP contribution in [0.2, 0.25) is 0 Å². The van der Waals surface area contributed by atoms with Gasteiger partial charge in [-0.05, 0) is 56.5 Å². The highest BCUT2D eigenvalue weighted by molar-refractivity contribution is 7.94. The van der Waals surface area contributed by atoms with Crippen molar-refractivity contribution in [1.29, 1.82) is 0 Å². The van der Waals surface area contributed by atoms with Gasteiger partial charge in [-0.2, -0.15) is 0 Å². The first kappa shape index (κ1) is 28.8. The minimum absolute atomic E-state index is 0.0649. The maximum atomic E-state index is 7.13. The molecular formula is C30H46BO2P. The zero-order chi connectivity index (χ0) is 26.4. The van der Waals surface area contributed by atoms with Gasteiger partial charge in [-0.15, -0.1) is 0 Å². The molecule has 0 unspecified atom stereocenters. The maximum absolute atomic E-state index is 7.13. The molecule has 0 saturated heterocycles. The van der Waals surface area contributed by atoms with Crippen LogP contribution in [0.25, 0.3) is 0 Å². The van der Waals surface area contributed by atoms with Gasteiger partial charge in [0.15, 0.2) is 0 Å². The van der Waals surface area contributed by atoms with Gasteiger partial charge in [0.05, 0.1) is 14.2 Å². The van der Waals surface area contributed by atoms with Crippen molar-refractivity contribution in [2.24, 2.45) is 0 Å². The van der Waals surface area contributed by atoms with Crippen LogP contribution in [0.3, 0.4) is 0 Å². The molecule has 0 amide bonds. The van der Waals surface area contributed by atoms with Gasteiger partial charge in [0.1, 0.15) is 19.1 Å². The van der Waals surface area contributed by atoms with Crippen LogP contribution >= 0.6 is 7.80 Å². The Kier molecular flexibility index (Phi) is 8.07. The molecule has 0 spiro atoms. The molecule has 2 aromatic carbocycles. The quantitative estimate of drug-likeness (QED) is 0.335. The van der Waals surface area contributed by atoms with E-state index in [0.29, 0.717) is 0 Å². The van der Waals surface area contributed by atoms with Crippen LogP contribution < -0.4 is 20.1 Å². The summed E-state index contributed by atoms with van der Waals surface area (Å²) in [6.07, 6.45) is 0. The lowest BCUT2D eigenvalue weighted by Crippen LogP contribution is -2.26. The molecule has 2 aromatic rings. The van der Waals surface area contributed by atoms with Gasteiger partial charge in [-0.3, -0.25) is 0 Å². The Hall–Kier alpha value is -1.47. The maximum Gasteiger partial charge on any atom is 0.126 e. The summed E-state index contributed by atoms with van der Waals surface area (Å²) in [5.74, 6) is 1.96. The van der Waals surface area contributed by atoms with Crippen LogP contribution in [0, 0.1) is 0 Å². The molecule has 34 heavy (non-hydrogen) atoms. The van der Waals surface area contributed by atoms with E-state index in [2.05, 4.69) is 107 Å². The van der Waals surface area contributed by atoms with E-state index < -0.39 is 7.80 Å². The van der Waals surface area contributed by atoms with Crippen molar-refractivity contribution in [1.82, 2.24) is 0 Å². The van der Waals surface area contributed by atoms with E-state index in [1.54, 1.807) is 14.2 Å². The molecule has 0 aliphatic heterocycles. The molecule has 0 aliphatic carbocycles. The molecule has 0 aliphatic rings. The summed E-state index contributed by atoms with van der Waals surface area (Å²) in [5, 5.41) is 2.35. The molecular weight excluding hydrogens is 434 g/mol. The van der Waals surface area contributed by atoms with Gasteiger partial charge in [0, 0.05) is 22.3 Å². The highest BCUT2D eigenvalue weighted by Crippen LogP contribution is 2.44. The predicted molar refractivity (Wildman–Crippen MR) is 153 cm³/mol. The second-order valence-corrected chi connectivity index (χ2v) is 15.3. The molecule has 0 heterocycles. The number of hydrogen-bond donors (Lipinski definition) is 0. The minimum atomic E-state index is -1.07. The van der Waals surface area contributed by atoms with Gasteiger partial charge in [-0.1, -0.05) is 90.9 Å². The third kappa shape index (κ3) is 6.02. The van der Waals surface area contributed by atoms with E-state index in [1.807, 2.05) is 0 Å². The van der Waals surface area contributed by atoms with E-state index in [4.69, 9.17) is 17.0 Å². The number of rotatable bonds is 4. The van der Waals surface area contributed by atoms with Crippen LogP contribution in [0.1, 0.15) is 105 Å². The molecule has 0 N–H and O–H groups in total. The zero-order valence-corrected chi connectivity index (χ0v) is 25.0. The number of benzene rings is 2. The first-order valence-electron chi connectivity index (χ1n) is 12.2. The monoisotopic (exact) mass is 480 g/mol. The van der Waals surface area contributed by atoms with Crippen molar-refractivity contribution in [3.8, 4) is 11.5 Å². The number of ether oxygens (including phenoxy) is 2. The largest absolute Gasteiger partial charge is 0.496 e. The Labute approximate surface area is 212 Å². The molecule has 0 atom stereocenters.